The van der Waals surface area contributed by atoms with E-state index in [1.807, 2.05) is 82.4 Å². The Hall–Kier alpha value is -1.60. The third-order valence-electron chi connectivity index (χ3n) is 5.13. The normalized spacial score (nSPS) is 14.2. The summed E-state index contributed by atoms with van der Waals surface area (Å²) in [6.07, 6.45) is 1.82. The molecule has 0 bridgehead atoms. The summed E-state index contributed by atoms with van der Waals surface area (Å²) in [6, 6.07) is 12.0. The molecule has 1 atom stereocenters. The van der Waals surface area contributed by atoms with E-state index in [9.17, 15) is 5.11 Å². The van der Waals surface area contributed by atoms with Crippen molar-refractivity contribution in [2.24, 2.45) is 4.99 Å². The minimum absolute atomic E-state index is 0.479. The van der Waals surface area contributed by atoms with Gasteiger partial charge in [-0.05, 0) is 51.8 Å². The summed E-state index contributed by atoms with van der Waals surface area (Å²) >= 11 is 2.31. The first-order chi connectivity index (χ1) is 13.0. The lowest BCUT2D eigenvalue weighted by atomic mass is 9.76. The molecule has 4 nitrogen and oxygen atoms in total. The molecule has 0 radical (unpaired) electrons. The maximum absolute atomic E-state index is 12.0. The van der Waals surface area contributed by atoms with Crippen LogP contribution < -0.4 is 4.74 Å². The lowest BCUT2D eigenvalue weighted by Gasteiger charge is -2.40. The minimum Gasteiger partial charge on any atom is -0.496 e. The zero-order valence-electron chi connectivity index (χ0n) is 17.9. The number of halogens is 1. The highest BCUT2D eigenvalue weighted by Gasteiger charge is 2.46. The second kappa shape index (κ2) is 8.82. The van der Waals surface area contributed by atoms with E-state index in [0.29, 0.717) is 5.75 Å². The highest BCUT2D eigenvalue weighted by molar-refractivity contribution is 14.1. The van der Waals surface area contributed by atoms with Gasteiger partial charge >= 0.3 is 0 Å². The molecule has 2 aromatic rings. The molecule has 1 N–H and O–H groups in total. The highest BCUT2D eigenvalue weighted by atomic mass is 127. The van der Waals surface area contributed by atoms with Crippen LogP contribution in [-0.2, 0) is 5.60 Å². The fourth-order valence-electron chi connectivity index (χ4n) is 3.12. The van der Waals surface area contributed by atoms with Crippen molar-refractivity contribution in [2.75, 3.05) is 20.7 Å². The van der Waals surface area contributed by atoms with Crippen molar-refractivity contribution in [3.63, 3.8) is 0 Å². The first kappa shape index (κ1) is 22.7. The minimum atomic E-state index is -1.22. The quantitative estimate of drug-likeness (QED) is 0.244. The molecule has 5 heteroatoms. The third kappa shape index (κ3) is 4.51. The smallest absolute Gasteiger partial charge is 0.132 e. The van der Waals surface area contributed by atoms with Gasteiger partial charge in [-0.1, -0.05) is 52.4 Å². The van der Waals surface area contributed by atoms with Gasteiger partial charge in [0.25, 0.3) is 0 Å². The molecule has 0 fully saturated rings. The first-order valence-electron chi connectivity index (χ1n) is 9.46. The average Bonchev–Trinajstić information content (AvgIpc) is 2.65. The van der Waals surface area contributed by atoms with Crippen molar-refractivity contribution in [3.05, 3.63) is 58.7 Å². The average molecular weight is 494 g/mol. The summed E-state index contributed by atoms with van der Waals surface area (Å²) < 4.78 is 5.23. The maximum Gasteiger partial charge on any atom is 0.132 e. The summed E-state index contributed by atoms with van der Waals surface area (Å²) in [5, 5.41) is 12.0. The van der Waals surface area contributed by atoms with E-state index in [-0.39, 0.29) is 0 Å². The molecule has 1 unspecified atom stereocenters. The monoisotopic (exact) mass is 494 g/mol. The molecule has 28 heavy (non-hydrogen) atoms. The Bertz CT molecular complexity index is 841. The van der Waals surface area contributed by atoms with Crippen LogP contribution in [0.15, 0.2) is 41.4 Å². The molecule has 2 aromatic carbocycles. The van der Waals surface area contributed by atoms with Crippen LogP contribution in [0.4, 0.5) is 5.69 Å². The van der Waals surface area contributed by atoms with Gasteiger partial charge in [-0.3, -0.25) is 0 Å². The predicted molar refractivity (Wildman–Crippen MR) is 126 cm³/mol. The Kier molecular flexibility index (Phi) is 7.15. The van der Waals surface area contributed by atoms with Crippen LogP contribution in [0.2, 0.25) is 0 Å². The number of ether oxygens (including phenoxy) is 1. The second-order valence-corrected chi connectivity index (χ2v) is 10.4. The fraction of sp³-hybridized carbons (Fsp3) is 0.435. The fourth-order valence-corrected chi connectivity index (χ4v) is 3.73. The molecule has 0 aliphatic rings. The number of methoxy groups -OCH3 is 1. The van der Waals surface area contributed by atoms with Gasteiger partial charge in [0.2, 0.25) is 0 Å². The lowest BCUT2D eigenvalue weighted by Crippen LogP contribution is -2.44. The van der Waals surface area contributed by atoms with Gasteiger partial charge in [0.05, 0.1) is 22.6 Å². The van der Waals surface area contributed by atoms with Gasteiger partial charge in [0.1, 0.15) is 11.4 Å². The molecule has 0 amide bonds. The molecular weight excluding hydrogens is 463 g/mol. The number of alkyl halides is 1. The van der Waals surface area contributed by atoms with Crippen molar-refractivity contribution < 1.29 is 9.84 Å². The molecule has 0 aliphatic heterocycles. The molecule has 0 saturated carbocycles. The number of aryl methyl sites for hydroxylation is 2. The van der Waals surface area contributed by atoms with E-state index in [0.717, 1.165) is 34.5 Å². The third-order valence-corrected chi connectivity index (χ3v) is 5.91. The lowest BCUT2D eigenvalue weighted by molar-refractivity contribution is 0.0528. The van der Waals surface area contributed by atoms with E-state index >= 15 is 0 Å². The van der Waals surface area contributed by atoms with Crippen LogP contribution in [0, 0.1) is 13.8 Å². The molecule has 0 saturated heterocycles. The number of aliphatic imine (C=N–C) groups is 1. The summed E-state index contributed by atoms with van der Waals surface area (Å²) in [4.78, 5) is 6.60. The van der Waals surface area contributed by atoms with Gasteiger partial charge < -0.3 is 14.7 Å². The number of hydrogen-bond acceptors (Lipinski definition) is 3. The molecule has 2 rings (SSSR count). The Morgan fingerprint density at radius 2 is 1.79 bits per heavy atom. The Labute approximate surface area is 182 Å². The molecule has 0 aromatic heterocycles. The van der Waals surface area contributed by atoms with Crippen LogP contribution in [0.1, 0.15) is 43.0 Å². The van der Waals surface area contributed by atoms with Crippen molar-refractivity contribution in [1.29, 1.82) is 0 Å². The van der Waals surface area contributed by atoms with Crippen LogP contribution in [0.3, 0.4) is 0 Å². The Balaban J connectivity index is 2.69. The van der Waals surface area contributed by atoms with Gasteiger partial charge in [0.15, 0.2) is 0 Å². The summed E-state index contributed by atoms with van der Waals surface area (Å²) in [5.41, 5.74) is 3.35. The van der Waals surface area contributed by atoms with E-state index in [1.54, 1.807) is 7.11 Å². The van der Waals surface area contributed by atoms with Gasteiger partial charge in [-0.15, -0.1) is 0 Å². The Morgan fingerprint density at radius 3 is 2.29 bits per heavy atom. The zero-order valence-corrected chi connectivity index (χ0v) is 20.0. The number of hydrogen-bond donors (Lipinski definition) is 1. The molecule has 152 valence electrons. The van der Waals surface area contributed by atoms with Gasteiger partial charge in [-0.2, -0.15) is 0 Å². The van der Waals surface area contributed by atoms with E-state index in [1.165, 1.54) is 0 Å². The topological polar surface area (TPSA) is 45.1 Å². The van der Waals surface area contributed by atoms with E-state index in [2.05, 4.69) is 34.5 Å². The van der Waals surface area contributed by atoms with E-state index < -0.39 is 9.02 Å². The molecule has 0 heterocycles. The summed E-state index contributed by atoms with van der Waals surface area (Å²) in [6.45, 7) is 11.1. The van der Waals surface area contributed by atoms with Gasteiger partial charge in [0, 0.05) is 25.2 Å². The standard InChI is InChI=1S/C23H31IN2O2/c1-8-26(6)15-25-20-14-21(28-7)19(13-17(20)3)23(27,22(4,5)24)18-11-9-16(2)10-12-18/h9-15,27H,8H2,1-7H3. The summed E-state index contributed by atoms with van der Waals surface area (Å²) in [7, 11) is 3.62. The van der Waals surface area contributed by atoms with Crippen molar-refractivity contribution in [1.82, 2.24) is 4.90 Å². The second-order valence-electron chi connectivity index (χ2n) is 7.71. The Morgan fingerprint density at radius 1 is 1.18 bits per heavy atom. The van der Waals surface area contributed by atoms with Crippen LogP contribution >= 0.6 is 22.6 Å². The molecule has 0 spiro atoms. The summed E-state index contributed by atoms with van der Waals surface area (Å²) in [5.74, 6) is 0.629. The van der Waals surface area contributed by atoms with E-state index in [4.69, 9.17) is 4.74 Å². The number of aliphatic hydroxyl groups is 1. The number of benzene rings is 2. The number of nitrogens with zero attached hydrogens (tertiary/aromatic N) is 2. The molecule has 0 aliphatic carbocycles. The van der Waals surface area contributed by atoms with Crippen LogP contribution in [0.5, 0.6) is 5.75 Å². The van der Waals surface area contributed by atoms with Crippen molar-refractivity contribution in [3.8, 4) is 5.75 Å². The van der Waals surface area contributed by atoms with Crippen molar-refractivity contribution in [2.45, 2.75) is 43.6 Å². The number of rotatable bonds is 7. The SMILES string of the molecule is CCN(C)C=Nc1cc(OC)c(C(O)(c2ccc(C)cc2)C(C)(C)I)cc1C. The first-order valence-corrected chi connectivity index (χ1v) is 10.5. The van der Waals surface area contributed by atoms with Crippen molar-refractivity contribution >= 4 is 34.6 Å². The van der Waals surface area contributed by atoms with Crippen LogP contribution in [0.25, 0.3) is 0 Å². The molecular formula is C23H31IN2O2. The largest absolute Gasteiger partial charge is 0.496 e. The maximum atomic E-state index is 12.0. The zero-order chi connectivity index (χ0) is 21.1. The predicted octanol–water partition coefficient (Wildman–Crippen LogP) is 5.37. The highest BCUT2D eigenvalue weighted by Crippen LogP contribution is 2.49. The van der Waals surface area contributed by atoms with Gasteiger partial charge in [-0.25, -0.2) is 4.99 Å². The van der Waals surface area contributed by atoms with Crippen LogP contribution in [-0.4, -0.2) is 40.5 Å².